The fourth-order valence-electron chi connectivity index (χ4n) is 2.71. The van der Waals surface area contributed by atoms with Gasteiger partial charge in [0.15, 0.2) is 0 Å². The summed E-state index contributed by atoms with van der Waals surface area (Å²) in [5, 5.41) is 37.5. The molecule has 0 spiro atoms. The minimum Gasteiger partial charge on any atom is -0.394 e. The topological polar surface area (TPSA) is 154 Å². The summed E-state index contributed by atoms with van der Waals surface area (Å²) in [6.45, 7) is 0.633. The number of non-ortho nitro benzene ring substituents is 1. The number of nitrogens with zero attached hydrogens (tertiary/aromatic N) is 6. The molecule has 0 aliphatic heterocycles. The summed E-state index contributed by atoms with van der Waals surface area (Å²) in [5.74, 6) is 0. The molecule has 0 saturated carbocycles. The molecule has 1 aromatic carbocycles. The lowest BCUT2D eigenvalue weighted by atomic mass is 10.2. The minimum absolute atomic E-state index is 0.283. The predicted octanol–water partition coefficient (Wildman–Crippen LogP) is 1.44. The first-order valence-electron chi connectivity index (χ1n) is 8.58. The van der Waals surface area contributed by atoms with Crippen molar-refractivity contribution in [3.05, 3.63) is 69.5 Å². The average molecular weight is 428 g/mol. The van der Waals surface area contributed by atoms with E-state index < -0.39 is 21.6 Å². The van der Waals surface area contributed by atoms with E-state index in [1.54, 1.807) is 18.3 Å². The molecule has 0 amide bonds. The molecule has 0 aliphatic carbocycles. The molecule has 30 heavy (non-hydrogen) atoms. The Morgan fingerprint density at radius 2 is 2.17 bits per heavy atom. The zero-order valence-electron chi connectivity index (χ0n) is 15.7. The molecule has 0 radical (unpaired) electrons. The number of hydrogen-bond donors (Lipinski definition) is 1. The number of hydrazone groups is 1. The van der Waals surface area contributed by atoms with Crippen molar-refractivity contribution in [3.63, 3.8) is 0 Å². The van der Waals surface area contributed by atoms with Gasteiger partial charge in [-0.25, -0.2) is 4.52 Å². The van der Waals surface area contributed by atoms with Crippen molar-refractivity contribution in [2.75, 3.05) is 13.2 Å². The minimum atomic E-state index is -4.28. The molecule has 11 nitrogen and oxygen atoms in total. The van der Waals surface area contributed by atoms with Gasteiger partial charge in [-0.15, -0.1) is 0 Å². The van der Waals surface area contributed by atoms with Crippen LogP contribution >= 0.6 is 0 Å². The SMILES string of the molecule is Cc1ccc([N+](=O)[O-])cc1S(=O)(=O)N(CCO)/N=C\c1cnn2ccc(C#N)cc12. The highest BCUT2D eigenvalue weighted by Gasteiger charge is 2.26. The maximum absolute atomic E-state index is 13.1. The molecular weight excluding hydrogens is 412 g/mol. The highest BCUT2D eigenvalue weighted by molar-refractivity contribution is 7.89. The van der Waals surface area contributed by atoms with Crippen molar-refractivity contribution in [3.8, 4) is 6.07 Å². The Hall–Kier alpha value is -3.82. The van der Waals surface area contributed by atoms with Crippen molar-refractivity contribution in [2.45, 2.75) is 11.8 Å². The lowest BCUT2D eigenvalue weighted by Gasteiger charge is -2.19. The molecule has 2 aromatic heterocycles. The van der Waals surface area contributed by atoms with Gasteiger partial charge in [0.1, 0.15) is 0 Å². The van der Waals surface area contributed by atoms with Crippen LogP contribution in [0.1, 0.15) is 16.7 Å². The van der Waals surface area contributed by atoms with Gasteiger partial charge in [-0.3, -0.25) is 10.1 Å². The van der Waals surface area contributed by atoms with E-state index in [-0.39, 0.29) is 17.1 Å². The first-order valence-corrected chi connectivity index (χ1v) is 10.0. The monoisotopic (exact) mass is 428 g/mol. The number of nitro groups is 1. The molecule has 3 rings (SSSR count). The van der Waals surface area contributed by atoms with Crippen LogP contribution in [-0.4, -0.2) is 51.8 Å². The molecule has 0 aliphatic rings. The van der Waals surface area contributed by atoms with Gasteiger partial charge in [0, 0.05) is 23.9 Å². The quantitative estimate of drug-likeness (QED) is 0.339. The summed E-state index contributed by atoms with van der Waals surface area (Å²) >= 11 is 0. The van der Waals surface area contributed by atoms with Crippen molar-refractivity contribution in [1.82, 2.24) is 14.0 Å². The van der Waals surface area contributed by atoms with Gasteiger partial charge in [0.2, 0.25) is 0 Å². The Bertz CT molecular complexity index is 1290. The number of aryl methyl sites for hydroxylation is 1. The molecule has 0 unspecified atom stereocenters. The largest absolute Gasteiger partial charge is 0.394 e. The van der Waals surface area contributed by atoms with E-state index in [2.05, 4.69) is 10.2 Å². The van der Waals surface area contributed by atoms with Crippen LogP contribution in [0.4, 0.5) is 5.69 Å². The first kappa shape index (κ1) is 20.9. The second kappa shape index (κ2) is 8.27. The zero-order valence-corrected chi connectivity index (χ0v) is 16.5. The zero-order chi connectivity index (χ0) is 21.9. The van der Waals surface area contributed by atoms with E-state index >= 15 is 0 Å². The van der Waals surface area contributed by atoms with E-state index in [0.717, 1.165) is 6.07 Å². The van der Waals surface area contributed by atoms with Crippen LogP contribution in [0.2, 0.25) is 0 Å². The average Bonchev–Trinajstić information content (AvgIpc) is 3.13. The number of hydrogen-bond acceptors (Lipinski definition) is 8. The van der Waals surface area contributed by atoms with Gasteiger partial charge in [-0.1, -0.05) is 6.07 Å². The lowest BCUT2D eigenvalue weighted by Crippen LogP contribution is -2.29. The fraction of sp³-hybridized carbons (Fsp3) is 0.167. The van der Waals surface area contributed by atoms with Gasteiger partial charge < -0.3 is 5.11 Å². The Kier molecular flexibility index (Phi) is 5.77. The third-order valence-corrected chi connectivity index (χ3v) is 6.06. The van der Waals surface area contributed by atoms with Gasteiger partial charge in [0.25, 0.3) is 15.7 Å². The summed E-state index contributed by atoms with van der Waals surface area (Å²) < 4.78 is 28.3. The highest BCUT2D eigenvalue weighted by atomic mass is 32.2. The standard InChI is InChI=1S/C18H16N6O5S/c1-13-2-3-16(24(26)27)9-18(13)30(28,29)23(6-7-25)21-12-15-11-20-22-5-4-14(10-19)8-17(15)22/h2-5,8-9,11-12,25H,6-7H2,1H3/b21-12-. The number of aliphatic hydroxyl groups is 1. The van der Waals surface area contributed by atoms with Crippen molar-refractivity contribution >= 4 is 27.4 Å². The van der Waals surface area contributed by atoms with Crippen LogP contribution in [0.5, 0.6) is 0 Å². The Morgan fingerprint density at radius 1 is 1.40 bits per heavy atom. The molecule has 0 saturated heterocycles. The summed E-state index contributed by atoms with van der Waals surface area (Å²) in [7, 11) is -4.28. The fourth-order valence-corrected chi connectivity index (χ4v) is 4.18. The number of rotatable bonds is 7. The number of nitro benzene ring substituents is 1. The molecule has 154 valence electrons. The van der Waals surface area contributed by atoms with Crippen LogP contribution in [0, 0.1) is 28.4 Å². The van der Waals surface area contributed by atoms with E-state index in [1.807, 2.05) is 6.07 Å². The highest BCUT2D eigenvalue weighted by Crippen LogP contribution is 2.25. The van der Waals surface area contributed by atoms with Gasteiger partial charge in [-0.05, 0) is 24.6 Å². The van der Waals surface area contributed by atoms with Crippen molar-refractivity contribution in [2.24, 2.45) is 5.10 Å². The molecule has 0 bridgehead atoms. The number of aromatic nitrogens is 2. The second-order valence-corrected chi connectivity index (χ2v) is 7.99. The third-order valence-electron chi connectivity index (χ3n) is 4.24. The maximum Gasteiger partial charge on any atom is 0.279 e. The first-order chi connectivity index (χ1) is 14.3. The summed E-state index contributed by atoms with van der Waals surface area (Å²) in [6.07, 6.45) is 4.27. The van der Waals surface area contributed by atoms with Gasteiger partial charge >= 0.3 is 0 Å². The van der Waals surface area contributed by atoms with Crippen LogP contribution in [0.3, 0.4) is 0 Å². The number of aliphatic hydroxyl groups excluding tert-OH is 1. The normalized spacial score (nSPS) is 11.6. The van der Waals surface area contributed by atoms with Crippen LogP contribution in [-0.2, 0) is 10.0 Å². The number of sulfonamides is 1. The van der Waals surface area contributed by atoms with Crippen molar-refractivity contribution < 1.29 is 18.4 Å². The van der Waals surface area contributed by atoms with E-state index in [0.29, 0.717) is 26.6 Å². The number of benzene rings is 1. The molecule has 0 fully saturated rings. The molecule has 2 heterocycles. The number of pyridine rings is 1. The van der Waals surface area contributed by atoms with Gasteiger partial charge in [0.05, 0.1) is 52.5 Å². The summed E-state index contributed by atoms with van der Waals surface area (Å²) in [5.41, 5.74) is 1.29. The number of nitriles is 1. The molecular formula is C18H16N6O5S. The van der Waals surface area contributed by atoms with E-state index in [9.17, 15) is 23.6 Å². The molecule has 1 N–H and O–H groups in total. The Morgan fingerprint density at radius 3 is 2.83 bits per heavy atom. The van der Waals surface area contributed by atoms with Crippen molar-refractivity contribution in [1.29, 1.82) is 5.26 Å². The van der Waals surface area contributed by atoms with E-state index in [1.165, 1.54) is 36.0 Å². The Balaban J connectivity index is 2.03. The van der Waals surface area contributed by atoms with Crippen LogP contribution in [0.15, 0.2) is 52.7 Å². The lowest BCUT2D eigenvalue weighted by molar-refractivity contribution is -0.385. The smallest absolute Gasteiger partial charge is 0.279 e. The van der Waals surface area contributed by atoms with Gasteiger partial charge in [-0.2, -0.15) is 28.3 Å². The molecule has 0 atom stereocenters. The van der Waals surface area contributed by atoms with Crippen LogP contribution in [0.25, 0.3) is 5.52 Å². The third kappa shape index (κ3) is 3.97. The summed E-state index contributed by atoms with van der Waals surface area (Å²) in [6, 6.07) is 8.66. The van der Waals surface area contributed by atoms with E-state index in [4.69, 9.17) is 5.26 Å². The maximum atomic E-state index is 13.1. The van der Waals surface area contributed by atoms with Crippen LogP contribution < -0.4 is 0 Å². The number of fused-ring (bicyclic) bond motifs is 1. The second-order valence-electron chi connectivity index (χ2n) is 6.18. The summed E-state index contributed by atoms with van der Waals surface area (Å²) in [4.78, 5) is 10.1. The Labute approximate surface area is 171 Å². The molecule has 12 heteroatoms. The molecule has 3 aromatic rings. The predicted molar refractivity (Wildman–Crippen MR) is 106 cm³/mol.